The van der Waals surface area contributed by atoms with Crippen LogP contribution in [0.15, 0.2) is 24.3 Å². The van der Waals surface area contributed by atoms with E-state index in [-0.39, 0.29) is 11.7 Å². The molecule has 0 bridgehead atoms. The lowest BCUT2D eigenvalue weighted by molar-refractivity contribution is -0.153. The van der Waals surface area contributed by atoms with Gasteiger partial charge in [0.25, 0.3) is 0 Å². The van der Waals surface area contributed by atoms with Crippen LogP contribution in [0.3, 0.4) is 0 Å². The van der Waals surface area contributed by atoms with Crippen molar-refractivity contribution in [1.29, 1.82) is 0 Å². The number of rotatable bonds is 3. The van der Waals surface area contributed by atoms with E-state index in [1.165, 1.54) is 17.0 Å². The molecule has 1 heterocycles. The number of aliphatic carboxylic acids is 1. The highest BCUT2D eigenvalue weighted by molar-refractivity contribution is 5.94. The van der Waals surface area contributed by atoms with Crippen molar-refractivity contribution >= 4 is 11.9 Å². The summed E-state index contributed by atoms with van der Waals surface area (Å²) in [6, 6.07) is 5.27. The molecule has 1 saturated heterocycles. The zero-order valence-corrected chi connectivity index (χ0v) is 11.7. The Morgan fingerprint density at radius 3 is 2.43 bits per heavy atom. The van der Waals surface area contributed by atoms with Gasteiger partial charge >= 0.3 is 5.97 Å². The number of carbonyl (C=O) groups is 2. The van der Waals surface area contributed by atoms with Crippen LogP contribution in [0.25, 0.3) is 0 Å². The number of hydrogen-bond acceptors (Lipinski definition) is 2. The third kappa shape index (κ3) is 2.41. The van der Waals surface area contributed by atoms with Gasteiger partial charge in [-0.25, -0.2) is 9.18 Å². The summed E-state index contributed by atoms with van der Waals surface area (Å²) >= 11 is 0. The predicted octanol–water partition coefficient (Wildman–Crippen LogP) is 2.32. The molecule has 1 N–H and O–H groups in total. The molecule has 2 fully saturated rings. The summed E-state index contributed by atoms with van der Waals surface area (Å²) < 4.78 is 13.0. The molecule has 1 aliphatic heterocycles. The Hall–Kier alpha value is -1.91. The molecule has 5 heteroatoms. The van der Waals surface area contributed by atoms with E-state index in [4.69, 9.17) is 0 Å². The highest BCUT2D eigenvalue weighted by Gasteiger charge is 2.54. The fourth-order valence-electron chi connectivity index (χ4n) is 3.23. The lowest BCUT2D eigenvalue weighted by Gasteiger charge is -2.35. The van der Waals surface area contributed by atoms with Crippen molar-refractivity contribution in [2.75, 3.05) is 6.54 Å². The zero-order chi connectivity index (χ0) is 15.0. The second-order valence-corrected chi connectivity index (χ2v) is 5.94. The van der Waals surface area contributed by atoms with Crippen LogP contribution >= 0.6 is 0 Å². The molecule has 1 aromatic carbocycles. The minimum Gasteiger partial charge on any atom is -0.480 e. The summed E-state index contributed by atoms with van der Waals surface area (Å²) in [5, 5.41) is 9.31. The van der Waals surface area contributed by atoms with Crippen LogP contribution in [-0.2, 0) is 15.0 Å². The van der Waals surface area contributed by atoms with Gasteiger partial charge in [0.05, 0.1) is 5.41 Å². The van der Waals surface area contributed by atoms with Gasteiger partial charge in [-0.2, -0.15) is 0 Å². The highest BCUT2D eigenvalue weighted by Crippen LogP contribution is 2.50. The Morgan fingerprint density at radius 1 is 1.19 bits per heavy atom. The maximum atomic E-state index is 13.0. The number of carboxylic acid groups (broad SMARTS) is 1. The molecule has 1 saturated carbocycles. The average Bonchev–Trinajstić information content (AvgIpc) is 3.29. The molecule has 1 amide bonds. The van der Waals surface area contributed by atoms with Crippen LogP contribution in [0.1, 0.15) is 37.7 Å². The maximum absolute atomic E-state index is 13.0. The molecule has 0 radical (unpaired) electrons. The zero-order valence-electron chi connectivity index (χ0n) is 11.7. The number of carboxylic acids is 1. The number of amides is 1. The fraction of sp³-hybridized carbons (Fsp3) is 0.500. The standard InChI is InChI=1S/C16H18FNO3/c17-12-6-4-11(5-7-12)16(8-9-16)15(21)18-10-2-1-3-13(18)14(19)20/h4-7,13H,1-3,8-10H2,(H,19,20)/t13-/m1/s1. The van der Waals surface area contributed by atoms with Crippen LogP contribution in [0.4, 0.5) is 4.39 Å². The van der Waals surface area contributed by atoms with Crippen molar-refractivity contribution in [3.05, 3.63) is 35.6 Å². The number of likely N-dealkylation sites (tertiary alicyclic amines) is 1. The molecular weight excluding hydrogens is 273 g/mol. The second-order valence-electron chi connectivity index (χ2n) is 5.94. The molecule has 0 aromatic heterocycles. The Balaban J connectivity index is 1.86. The SMILES string of the molecule is O=C(O)[C@H]1CCCCN1C(=O)C1(c2ccc(F)cc2)CC1. The van der Waals surface area contributed by atoms with Crippen molar-refractivity contribution in [2.45, 2.75) is 43.6 Å². The third-order valence-electron chi connectivity index (χ3n) is 4.60. The summed E-state index contributed by atoms with van der Waals surface area (Å²) in [5.41, 5.74) is 0.169. The number of piperidine rings is 1. The van der Waals surface area contributed by atoms with Crippen molar-refractivity contribution in [3.8, 4) is 0 Å². The number of halogens is 1. The van der Waals surface area contributed by atoms with E-state index in [0.717, 1.165) is 18.4 Å². The molecule has 1 aromatic rings. The molecule has 0 spiro atoms. The first kappa shape index (κ1) is 14.0. The van der Waals surface area contributed by atoms with Gasteiger partial charge in [-0.05, 0) is 49.8 Å². The van der Waals surface area contributed by atoms with Crippen LogP contribution in [0.2, 0.25) is 0 Å². The van der Waals surface area contributed by atoms with Crippen molar-refractivity contribution in [1.82, 2.24) is 4.90 Å². The lowest BCUT2D eigenvalue weighted by atomic mass is 9.91. The lowest BCUT2D eigenvalue weighted by Crippen LogP contribution is -2.51. The Morgan fingerprint density at radius 2 is 1.86 bits per heavy atom. The average molecular weight is 291 g/mol. The first-order valence-electron chi connectivity index (χ1n) is 7.34. The Bertz CT molecular complexity index is 565. The Kier molecular flexibility index (Phi) is 3.43. The molecular formula is C16H18FNO3. The topological polar surface area (TPSA) is 57.6 Å². The van der Waals surface area contributed by atoms with Crippen LogP contribution in [0, 0.1) is 5.82 Å². The fourth-order valence-corrected chi connectivity index (χ4v) is 3.23. The van der Waals surface area contributed by atoms with Crippen molar-refractivity contribution in [3.63, 3.8) is 0 Å². The molecule has 4 nitrogen and oxygen atoms in total. The van der Waals surface area contributed by atoms with E-state index >= 15 is 0 Å². The van der Waals surface area contributed by atoms with Gasteiger partial charge in [0, 0.05) is 6.54 Å². The normalized spacial score (nSPS) is 23.7. The third-order valence-corrected chi connectivity index (χ3v) is 4.60. The highest BCUT2D eigenvalue weighted by atomic mass is 19.1. The molecule has 0 unspecified atom stereocenters. The van der Waals surface area contributed by atoms with Crippen molar-refractivity contribution in [2.24, 2.45) is 0 Å². The molecule has 2 aliphatic rings. The van der Waals surface area contributed by atoms with Crippen LogP contribution < -0.4 is 0 Å². The molecule has 1 aliphatic carbocycles. The van der Waals surface area contributed by atoms with Gasteiger partial charge in [0.15, 0.2) is 0 Å². The number of carbonyl (C=O) groups excluding carboxylic acids is 1. The van der Waals surface area contributed by atoms with E-state index in [1.54, 1.807) is 12.1 Å². The van der Waals surface area contributed by atoms with E-state index in [2.05, 4.69) is 0 Å². The van der Waals surface area contributed by atoms with E-state index < -0.39 is 17.4 Å². The second kappa shape index (κ2) is 5.13. The molecule has 1 atom stereocenters. The van der Waals surface area contributed by atoms with Gasteiger partial charge in [0.2, 0.25) is 5.91 Å². The van der Waals surface area contributed by atoms with Gasteiger partial charge in [-0.1, -0.05) is 12.1 Å². The summed E-state index contributed by atoms with van der Waals surface area (Å²) in [4.78, 5) is 25.7. The van der Waals surface area contributed by atoms with Gasteiger partial charge < -0.3 is 10.0 Å². The van der Waals surface area contributed by atoms with Gasteiger partial charge in [-0.15, -0.1) is 0 Å². The summed E-state index contributed by atoms with van der Waals surface area (Å²) in [5.74, 6) is -1.37. The monoisotopic (exact) mass is 291 g/mol. The summed E-state index contributed by atoms with van der Waals surface area (Å²) in [7, 11) is 0. The van der Waals surface area contributed by atoms with Gasteiger partial charge in [-0.3, -0.25) is 4.79 Å². The van der Waals surface area contributed by atoms with Crippen LogP contribution in [0.5, 0.6) is 0 Å². The number of hydrogen-bond donors (Lipinski definition) is 1. The maximum Gasteiger partial charge on any atom is 0.326 e. The van der Waals surface area contributed by atoms with Gasteiger partial charge in [0.1, 0.15) is 11.9 Å². The van der Waals surface area contributed by atoms with Crippen LogP contribution in [-0.4, -0.2) is 34.5 Å². The summed E-state index contributed by atoms with van der Waals surface area (Å²) in [6.07, 6.45) is 3.61. The molecule has 21 heavy (non-hydrogen) atoms. The number of nitrogens with zero attached hydrogens (tertiary/aromatic N) is 1. The first-order chi connectivity index (χ1) is 10.0. The largest absolute Gasteiger partial charge is 0.480 e. The molecule has 112 valence electrons. The van der Waals surface area contributed by atoms with E-state index in [1.807, 2.05) is 0 Å². The summed E-state index contributed by atoms with van der Waals surface area (Å²) in [6.45, 7) is 0.499. The molecule has 3 rings (SSSR count). The quantitative estimate of drug-likeness (QED) is 0.930. The minimum absolute atomic E-state index is 0.110. The minimum atomic E-state index is -0.932. The Labute approximate surface area is 122 Å². The smallest absolute Gasteiger partial charge is 0.326 e. The first-order valence-corrected chi connectivity index (χ1v) is 7.34. The van der Waals surface area contributed by atoms with E-state index in [9.17, 15) is 19.1 Å². The van der Waals surface area contributed by atoms with Crippen molar-refractivity contribution < 1.29 is 19.1 Å². The van der Waals surface area contributed by atoms with E-state index in [0.29, 0.717) is 25.8 Å². The number of benzene rings is 1. The predicted molar refractivity (Wildman–Crippen MR) is 74.3 cm³/mol.